The number of aliphatic hydroxyl groups is 1. The zero-order chi connectivity index (χ0) is 35.7. The first-order valence-electron chi connectivity index (χ1n) is 17.2. The van der Waals surface area contributed by atoms with Crippen LogP contribution in [0.4, 0.5) is 39.5 Å². The highest BCUT2D eigenvalue weighted by Crippen LogP contribution is 2.63. The van der Waals surface area contributed by atoms with Crippen molar-refractivity contribution in [3.63, 3.8) is 0 Å². The molecule has 0 heterocycles. The monoisotopic (exact) mass is 702 g/mol. The molecular weight excluding hydrogens is 655 g/mol. The number of phenols is 1. The number of carbonyl (C=O) groups is 1. The summed E-state index contributed by atoms with van der Waals surface area (Å²) in [5, 5.41) is 30.4. The molecule has 274 valence electrons. The largest absolute Gasteiger partial charge is 0.508 e. The fraction of sp³-hybridized carbons (Fsp3) is 0.800. The third-order valence-electron chi connectivity index (χ3n) is 11.8. The lowest BCUT2D eigenvalue weighted by Crippen LogP contribution is -2.60. The lowest BCUT2D eigenvalue weighted by Gasteiger charge is -2.53. The van der Waals surface area contributed by atoms with Crippen molar-refractivity contribution >= 4 is 5.97 Å². The first-order valence-corrected chi connectivity index (χ1v) is 17.2. The van der Waals surface area contributed by atoms with E-state index in [1.807, 2.05) is 6.07 Å². The van der Waals surface area contributed by atoms with Gasteiger partial charge in [-0.25, -0.2) is 0 Å². The van der Waals surface area contributed by atoms with E-state index in [0.29, 0.717) is 36.5 Å². The Morgan fingerprint density at radius 2 is 1.50 bits per heavy atom. The van der Waals surface area contributed by atoms with Gasteiger partial charge >= 0.3 is 29.9 Å². The van der Waals surface area contributed by atoms with Crippen molar-refractivity contribution in [2.24, 2.45) is 29.1 Å². The summed E-state index contributed by atoms with van der Waals surface area (Å²) in [6.07, 6.45) is -0.270. The van der Waals surface area contributed by atoms with Crippen LogP contribution < -0.4 is 0 Å². The summed E-state index contributed by atoms with van der Waals surface area (Å²) in [6, 6.07) is 5.71. The summed E-state index contributed by atoms with van der Waals surface area (Å²) in [4.78, 5) is 11.6. The molecule has 4 nitrogen and oxygen atoms in total. The summed E-state index contributed by atoms with van der Waals surface area (Å²) in [5.41, 5.74) is 2.45. The lowest BCUT2D eigenvalue weighted by atomic mass is 9.52. The van der Waals surface area contributed by atoms with E-state index in [-0.39, 0.29) is 23.7 Å². The van der Waals surface area contributed by atoms with Gasteiger partial charge in [-0.15, -0.1) is 0 Å². The van der Waals surface area contributed by atoms with Crippen LogP contribution in [-0.2, 0) is 11.2 Å². The number of halogens is 9. The van der Waals surface area contributed by atoms with Crippen LogP contribution in [0.2, 0.25) is 0 Å². The van der Waals surface area contributed by atoms with Gasteiger partial charge in [0.2, 0.25) is 0 Å². The molecule has 0 bridgehead atoms. The second-order valence-electron chi connectivity index (χ2n) is 14.8. The number of alkyl halides is 9. The van der Waals surface area contributed by atoms with Gasteiger partial charge < -0.3 is 15.3 Å². The Morgan fingerprint density at radius 3 is 2.15 bits per heavy atom. The van der Waals surface area contributed by atoms with Crippen molar-refractivity contribution in [2.45, 2.75) is 146 Å². The topological polar surface area (TPSA) is 77.8 Å². The number of carboxylic acid groups (broad SMARTS) is 1. The molecule has 3 aliphatic carbocycles. The number of aliphatic carboxylic acids is 1. The first kappa shape index (κ1) is 38.6. The number of rotatable bonds is 16. The molecule has 7 atom stereocenters. The third-order valence-corrected chi connectivity index (χ3v) is 11.8. The highest BCUT2D eigenvalue weighted by molar-refractivity contribution is 5.69. The molecule has 0 aliphatic heterocycles. The van der Waals surface area contributed by atoms with E-state index >= 15 is 0 Å². The van der Waals surface area contributed by atoms with Gasteiger partial charge in [0.05, 0.1) is 12.0 Å². The fourth-order valence-electron chi connectivity index (χ4n) is 9.06. The van der Waals surface area contributed by atoms with E-state index in [0.717, 1.165) is 64.2 Å². The first-order chi connectivity index (χ1) is 22.2. The van der Waals surface area contributed by atoms with Crippen molar-refractivity contribution in [3.8, 4) is 5.75 Å². The van der Waals surface area contributed by atoms with Gasteiger partial charge in [0.1, 0.15) is 5.75 Å². The Balaban J connectivity index is 1.20. The Morgan fingerprint density at radius 1 is 0.875 bits per heavy atom. The minimum atomic E-state index is -6.94. The Hall–Kier alpha value is -2.18. The normalized spacial score (nSPS) is 28.4. The summed E-state index contributed by atoms with van der Waals surface area (Å²) in [6.45, 7) is 2.23. The van der Waals surface area contributed by atoms with E-state index in [4.69, 9.17) is 0 Å². The number of fused-ring (bicyclic) bond motifs is 5. The van der Waals surface area contributed by atoms with E-state index in [1.165, 1.54) is 11.1 Å². The maximum absolute atomic E-state index is 13.8. The minimum absolute atomic E-state index is 0.0411. The van der Waals surface area contributed by atoms with Crippen LogP contribution in [0.25, 0.3) is 0 Å². The van der Waals surface area contributed by atoms with Crippen molar-refractivity contribution in [1.29, 1.82) is 0 Å². The van der Waals surface area contributed by atoms with Crippen molar-refractivity contribution in [1.82, 2.24) is 0 Å². The van der Waals surface area contributed by atoms with Crippen molar-refractivity contribution in [2.75, 3.05) is 0 Å². The SMILES string of the molecule is C[C@]12CCC3c4ccc(O)cc4C[C@@H](CCCCCCCC[C@@H](CCCC(F)(F)C(F)(F)C(F)(F)C(F)(F)F)C(=O)O)C3C1CC[C@@H]2O. The third kappa shape index (κ3) is 7.60. The van der Waals surface area contributed by atoms with Crippen molar-refractivity contribution < 1.29 is 59.6 Å². The molecule has 0 amide bonds. The van der Waals surface area contributed by atoms with Gasteiger partial charge in [0.25, 0.3) is 0 Å². The number of aliphatic hydroxyl groups excluding tert-OH is 1. The van der Waals surface area contributed by atoms with E-state index < -0.39 is 55.1 Å². The quantitative estimate of drug-likeness (QED) is 0.118. The Labute approximate surface area is 275 Å². The summed E-state index contributed by atoms with van der Waals surface area (Å²) >= 11 is 0. The predicted molar refractivity (Wildman–Crippen MR) is 160 cm³/mol. The molecule has 13 heteroatoms. The highest BCUT2D eigenvalue weighted by atomic mass is 19.4. The van der Waals surface area contributed by atoms with Crippen molar-refractivity contribution in [3.05, 3.63) is 29.3 Å². The molecule has 3 unspecified atom stereocenters. The molecule has 1 aromatic carbocycles. The predicted octanol–water partition coefficient (Wildman–Crippen LogP) is 10.3. The maximum Gasteiger partial charge on any atom is 0.460 e. The molecule has 0 saturated heterocycles. The smallest absolute Gasteiger partial charge is 0.460 e. The number of carboxylic acids is 1. The van der Waals surface area contributed by atoms with Crippen LogP contribution in [0.5, 0.6) is 5.75 Å². The summed E-state index contributed by atoms with van der Waals surface area (Å²) in [5.74, 6) is -19.9. The standard InChI is InChI=1S/C35H47F9O4/c1-31-18-16-26-25-13-12-24(45)20-23(25)19-22(29(26)27(31)14-15-28(31)46)10-7-5-3-2-4-6-9-21(30(47)48)11-8-17-32(36,37)33(38,39)34(40,41)35(42,43)44/h12-13,20-22,26-29,45-46H,2-11,14-19H2,1H3,(H,47,48)/t21-,22+,26?,27?,28-,29?,31-/m0/s1. The lowest BCUT2D eigenvalue weighted by molar-refractivity contribution is -0.396. The fourth-order valence-corrected chi connectivity index (χ4v) is 9.06. The average Bonchev–Trinajstić information content (AvgIpc) is 3.29. The van der Waals surface area contributed by atoms with Gasteiger partial charge in [0.15, 0.2) is 0 Å². The molecule has 2 saturated carbocycles. The van der Waals surface area contributed by atoms with Gasteiger partial charge in [-0.2, -0.15) is 39.5 Å². The van der Waals surface area contributed by atoms with Crippen LogP contribution in [0, 0.1) is 29.1 Å². The second-order valence-corrected chi connectivity index (χ2v) is 14.8. The Kier molecular flexibility index (Phi) is 11.7. The number of unbranched alkanes of at least 4 members (excludes halogenated alkanes) is 5. The molecule has 0 aromatic heterocycles. The van der Waals surface area contributed by atoms with Crippen LogP contribution in [0.15, 0.2) is 18.2 Å². The number of benzene rings is 1. The summed E-state index contributed by atoms with van der Waals surface area (Å²) < 4.78 is 118. The zero-order valence-corrected chi connectivity index (χ0v) is 27.2. The molecule has 3 aliphatic rings. The van der Waals surface area contributed by atoms with E-state index in [9.17, 15) is 59.6 Å². The summed E-state index contributed by atoms with van der Waals surface area (Å²) in [7, 11) is 0. The molecule has 1 aromatic rings. The van der Waals surface area contributed by atoms with Crippen LogP contribution >= 0.6 is 0 Å². The number of hydrogen-bond acceptors (Lipinski definition) is 3. The van der Waals surface area contributed by atoms with Crippen LogP contribution in [0.1, 0.15) is 120 Å². The Bertz CT molecular complexity index is 1250. The average molecular weight is 703 g/mol. The second kappa shape index (κ2) is 14.6. The van der Waals surface area contributed by atoms with Gasteiger partial charge in [0, 0.05) is 6.42 Å². The zero-order valence-electron chi connectivity index (χ0n) is 27.2. The minimum Gasteiger partial charge on any atom is -0.508 e. The molecule has 48 heavy (non-hydrogen) atoms. The van der Waals surface area contributed by atoms with Gasteiger partial charge in [-0.05, 0) is 110 Å². The number of phenolic OH excluding ortho intramolecular Hbond substituents is 1. The molecular formula is C35H47F9O4. The number of aromatic hydroxyl groups is 1. The van der Waals surface area contributed by atoms with Crippen LogP contribution in [0.3, 0.4) is 0 Å². The molecule has 0 radical (unpaired) electrons. The van der Waals surface area contributed by atoms with Gasteiger partial charge in [-0.1, -0.05) is 51.5 Å². The highest BCUT2D eigenvalue weighted by Gasteiger charge is 2.81. The van der Waals surface area contributed by atoms with Gasteiger partial charge in [-0.3, -0.25) is 4.79 Å². The molecule has 3 N–H and O–H groups in total. The van der Waals surface area contributed by atoms with E-state index in [1.54, 1.807) is 6.07 Å². The van der Waals surface area contributed by atoms with Crippen LogP contribution in [-0.4, -0.2) is 51.3 Å². The maximum atomic E-state index is 13.8. The number of hydrogen-bond donors (Lipinski definition) is 3. The molecule has 0 spiro atoms. The molecule has 4 rings (SSSR count). The molecule has 2 fully saturated rings. The van der Waals surface area contributed by atoms with E-state index in [2.05, 4.69) is 13.0 Å².